The number of fused-ring (bicyclic) bond motifs is 1. The van der Waals surface area contributed by atoms with Gasteiger partial charge in [0, 0.05) is 0 Å². The van der Waals surface area contributed by atoms with Crippen molar-refractivity contribution in [2.24, 2.45) is 0 Å². The summed E-state index contributed by atoms with van der Waals surface area (Å²) in [6.07, 6.45) is 4.06. The zero-order valence-electron chi connectivity index (χ0n) is 11.1. The molecule has 0 bridgehead atoms. The lowest BCUT2D eigenvalue weighted by molar-refractivity contribution is -0.145. The van der Waals surface area contributed by atoms with E-state index >= 15 is 0 Å². The van der Waals surface area contributed by atoms with Crippen molar-refractivity contribution >= 4 is 17.6 Å². The van der Waals surface area contributed by atoms with Gasteiger partial charge in [-0.05, 0) is 24.5 Å². The molecule has 1 saturated carbocycles. The molecule has 1 heterocycles. The Kier molecular flexibility index (Phi) is 3.12. The largest absolute Gasteiger partial charge is 0.482 e. The fourth-order valence-electron chi connectivity index (χ4n) is 3.25. The van der Waals surface area contributed by atoms with Crippen LogP contribution in [0.3, 0.4) is 0 Å². The van der Waals surface area contributed by atoms with E-state index in [1.54, 1.807) is 18.2 Å². The van der Waals surface area contributed by atoms with Gasteiger partial charge in [-0.25, -0.2) is 0 Å². The Morgan fingerprint density at radius 3 is 2.70 bits per heavy atom. The number of aliphatic carboxylic acids is 1. The number of carbonyl (C=O) groups excluding carboxylic acids is 1. The van der Waals surface area contributed by atoms with Gasteiger partial charge in [0.2, 0.25) is 0 Å². The Morgan fingerprint density at radius 1 is 1.25 bits per heavy atom. The number of benzene rings is 1. The molecule has 1 fully saturated rings. The minimum absolute atomic E-state index is 0.0173. The van der Waals surface area contributed by atoms with E-state index in [9.17, 15) is 14.7 Å². The fraction of sp³-hybridized carbons (Fsp3) is 0.467. The van der Waals surface area contributed by atoms with Crippen LogP contribution in [0.4, 0.5) is 5.69 Å². The van der Waals surface area contributed by atoms with Gasteiger partial charge in [-0.1, -0.05) is 31.4 Å². The van der Waals surface area contributed by atoms with E-state index in [-0.39, 0.29) is 12.5 Å². The Morgan fingerprint density at radius 2 is 2.00 bits per heavy atom. The standard InChI is InChI=1S/C15H17NO4/c17-12-9-20-11-6-4-5-10(13(11)16-12)15(14(18)19)7-2-1-3-8-15/h4-6H,1-3,7-9H2,(H,16,17)(H,18,19). The second-order valence-electron chi connectivity index (χ2n) is 5.46. The predicted octanol–water partition coefficient (Wildman–Crippen LogP) is 2.30. The molecule has 3 rings (SSSR count). The molecule has 2 aliphatic rings. The van der Waals surface area contributed by atoms with Crippen molar-refractivity contribution in [2.75, 3.05) is 11.9 Å². The van der Waals surface area contributed by atoms with Crippen LogP contribution in [-0.4, -0.2) is 23.6 Å². The molecule has 1 aliphatic heterocycles. The summed E-state index contributed by atoms with van der Waals surface area (Å²) in [6, 6.07) is 5.36. The average Bonchev–Trinajstić information content (AvgIpc) is 2.47. The van der Waals surface area contributed by atoms with Gasteiger partial charge in [-0.15, -0.1) is 0 Å². The number of hydrogen-bond donors (Lipinski definition) is 2. The molecular weight excluding hydrogens is 258 g/mol. The summed E-state index contributed by atoms with van der Waals surface area (Å²) in [6.45, 7) is -0.0173. The first-order chi connectivity index (χ1) is 9.63. The van der Waals surface area contributed by atoms with Gasteiger partial charge in [0.25, 0.3) is 5.91 Å². The third-order valence-electron chi connectivity index (χ3n) is 4.28. The lowest BCUT2D eigenvalue weighted by Gasteiger charge is -2.36. The molecule has 5 heteroatoms. The first-order valence-electron chi connectivity index (χ1n) is 6.93. The quantitative estimate of drug-likeness (QED) is 0.868. The van der Waals surface area contributed by atoms with Gasteiger partial charge in [-0.3, -0.25) is 9.59 Å². The predicted molar refractivity (Wildman–Crippen MR) is 73.0 cm³/mol. The average molecular weight is 275 g/mol. The van der Waals surface area contributed by atoms with Crippen LogP contribution in [0, 0.1) is 0 Å². The second-order valence-corrected chi connectivity index (χ2v) is 5.46. The van der Waals surface area contributed by atoms with E-state index in [0.29, 0.717) is 29.8 Å². The summed E-state index contributed by atoms with van der Waals surface area (Å²) < 4.78 is 5.39. The maximum Gasteiger partial charge on any atom is 0.314 e. The molecule has 1 aliphatic carbocycles. The normalized spacial score (nSPS) is 20.5. The third-order valence-corrected chi connectivity index (χ3v) is 4.28. The highest BCUT2D eigenvalue weighted by atomic mass is 16.5. The highest BCUT2D eigenvalue weighted by Crippen LogP contribution is 2.46. The minimum atomic E-state index is -0.905. The number of carboxylic acid groups (broad SMARTS) is 1. The first-order valence-corrected chi connectivity index (χ1v) is 6.93. The minimum Gasteiger partial charge on any atom is -0.482 e. The van der Waals surface area contributed by atoms with Crippen molar-refractivity contribution in [3.63, 3.8) is 0 Å². The van der Waals surface area contributed by atoms with Gasteiger partial charge in [0.1, 0.15) is 5.75 Å². The van der Waals surface area contributed by atoms with Crippen molar-refractivity contribution in [3.8, 4) is 5.75 Å². The molecule has 106 valence electrons. The molecule has 0 radical (unpaired) electrons. The van der Waals surface area contributed by atoms with Crippen LogP contribution in [0.15, 0.2) is 18.2 Å². The molecule has 1 amide bonds. The summed E-state index contributed by atoms with van der Waals surface area (Å²) in [7, 11) is 0. The number of anilines is 1. The van der Waals surface area contributed by atoms with Crippen molar-refractivity contribution in [1.29, 1.82) is 0 Å². The van der Waals surface area contributed by atoms with Gasteiger partial charge in [0.05, 0.1) is 11.1 Å². The number of amides is 1. The molecule has 1 aromatic carbocycles. The summed E-state index contributed by atoms with van der Waals surface area (Å²) in [5, 5.41) is 12.5. The lowest BCUT2D eigenvalue weighted by Crippen LogP contribution is -2.39. The monoisotopic (exact) mass is 275 g/mol. The second kappa shape index (κ2) is 4.81. The van der Waals surface area contributed by atoms with Crippen LogP contribution in [0.1, 0.15) is 37.7 Å². The summed E-state index contributed by atoms with van der Waals surface area (Å²) in [5.74, 6) is -0.486. The van der Waals surface area contributed by atoms with E-state index in [4.69, 9.17) is 4.74 Å². The Labute approximate surface area is 116 Å². The van der Waals surface area contributed by atoms with Crippen molar-refractivity contribution in [2.45, 2.75) is 37.5 Å². The Bertz CT molecular complexity index is 561. The van der Waals surface area contributed by atoms with Crippen LogP contribution >= 0.6 is 0 Å². The van der Waals surface area contributed by atoms with Gasteiger partial charge in [0.15, 0.2) is 6.61 Å². The molecule has 0 aromatic heterocycles. The lowest BCUT2D eigenvalue weighted by atomic mass is 9.68. The molecule has 2 N–H and O–H groups in total. The molecule has 0 atom stereocenters. The topological polar surface area (TPSA) is 75.6 Å². The Hall–Kier alpha value is -2.04. The van der Waals surface area contributed by atoms with Crippen LogP contribution in [-0.2, 0) is 15.0 Å². The number of rotatable bonds is 2. The van der Waals surface area contributed by atoms with Gasteiger partial charge < -0.3 is 15.2 Å². The van der Waals surface area contributed by atoms with Crippen LogP contribution in [0.5, 0.6) is 5.75 Å². The highest BCUT2D eigenvalue weighted by molar-refractivity contribution is 5.98. The smallest absolute Gasteiger partial charge is 0.314 e. The molecule has 0 spiro atoms. The van der Waals surface area contributed by atoms with Crippen molar-refractivity contribution in [1.82, 2.24) is 0 Å². The highest BCUT2D eigenvalue weighted by Gasteiger charge is 2.44. The number of carbonyl (C=O) groups is 2. The molecule has 1 aromatic rings. The van der Waals surface area contributed by atoms with E-state index in [0.717, 1.165) is 19.3 Å². The van der Waals surface area contributed by atoms with Crippen LogP contribution in [0.2, 0.25) is 0 Å². The van der Waals surface area contributed by atoms with Gasteiger partial charge in [-0.2, -0.15) is 0 Å². The van der Waals surface area contributed by atoms with E-state index in [2.05, 4.69) is 5.32 Å². The van der Waals surface area contributed by atoms with E-state index in [1.165, 1.54) is 0 Å². The summed E-state index contributed by atoms with van der Waals surface area (Å²) in [5.41, 5.74) is 0.306. The number of ether oxygens (including phenoxy) is 1. The molecule has 0 saturated heterocycles. The van der Waals surface area contributed by atoms with Gasteiger partial charge >= 0.3 is 5.97 Å². The zero-order chi connectivity index (χ0) is 14.2. The fourth-order valence-corrected chi connectivity index (χ4v) is 3.25. The number of hydrogen-bond acceptors (Lipinski definition) is 3. The third kappa shape index (κ3) is 1.94. The molecule has 5 nitrogen and oxygen atoms in total. The molecule has 0 unspecified atom stereocenters. The Balaban J connectivity index is 2.12. The number of nitrogens with one attached hydrogen (secondary N) is 1. The first kappa shape index (κ1) is 13.0. The molecular formula is C15H17NO4. The zero-order valence-corrected chi connectivity index (χ0v) is 11.1. The van der Waals surface area contributed by atoms with Crippen molar-refractivity contribution in [3.05, 3.63) is 23.8 Å². The van der Waals surface area contributed by atoms with E-state index < -0.39 is 11.4 Å². The summed E-state index contributed by atoms with van der Waals surface area (Å²) >= 11 is 0. The molecule has 20 heavy (non-hydrogen) atoms. The van der Waals surface area contributed by atoms with E-state index in [1.807, 2.05) is 0 Å². The summed E-state index contributed by atoms with van der Waals surface area (Å²) in [4.78, 5) is 23.4. The maximum absolute atomic E-state index is 11.9. The number of carboxylic acids is 1. The van der Waals surface area contributed by atoms with Crippen LogP contribution in [0.25, 0.3) is 0 Å². The number of para-hydroxylation sites is 1. The van der Waals surface area contributed by atoms with Crippen molar-refractivity contribution < 1.29 is 19.4 Å². The van der Waals surface area contributed by atoms with Crippen LogP contribution < -0.4 is 10.1 Å². The SMILES string of the molecule is O=C1COc2cccc(C3(C(=O)O)CCCCC3)c2N1. The maximum atomic E-state index is 11.9.